The third kappa shape index (κ3) is 4.67. The number of ether oxygens (including phenoxy) is 2. The van der Waals surface area contributed by atoms with E-state index in [0.717, 1.165) is 16.7 Å². The molecule has 0 bridgehead atoms. The fraction of sp³-hybridized carbons (Fsp3) is 0.0870. The second kappa shape index (κ2) is 9.24. The summed E-state index contributed by atoms with van der Waals surface area (Å²) in [5.41, 5.74) is 2.82. The maximum absolute atomic E-state index is 5.92. The van der Waals surface area contributed by atoms with Gasteiger partial charge in [0.25, 0.3) is 0 Å². The molecule has 6 nitrogen and oxygen atoms in total. The van der Waals surface area contributed by atoms with Gasteiger partial charge in [-0.2, -0.15) is 9.78 Å². The Bertz CT molecular complexity index is 1140. The van der Waals surface area contributed by atoms with E-state index in [2.05, 4.69) is 15.3 Å². The predicted octanol–water partition coefficient (Wildman–Crippen LogP) is 5.07. The molecule has 4 rings (SSSR count). The predicted molar refractivity (Wildman–Crippen MR) is 117 cm³/mol. The van der Waals surface area contributed by atoms with Gasteiger partial charge in [-0.05, 0) is 41.5 Å². The van der Waals surface area contributed by atoms with Gasteiger partial charge in [0, 0.05) is 10.6 Å². The first-order valence-electron chi connectivity index (χ1n) is 9.28. The summed E-state index contributed by atoms with van der Waals surface area (Å²) in [4.78, 5) is 0. The average Bonchev–Trinajstić information content (AvgIpc) is 3.27. The maximum Gasteiger partial charge on any atom is 0.184 e. The minimum absolute atomic E-state index is 0.419. The Kier molecular flexibility index (Phi) is 6.06. The summed E-state index contributed by atoms with van der Waals surface area (Å²) >= 11 is 5.92. The van der Waals surface area contributed by atoms with Gasteiger partial charge in [-0.15, -0.1) is 10.2 Å². The van der Waals surface area contributed by atoms with Crippen LogP contribution >= 0.6 is 11.6 Å². The van der Waals surface area contributed by atoms with Crippen LogP contribution < -0.4 is 9.47 Å². The number of nitrogens with zero attached hydrogens (tertiary/aromatic N) is 4. The van der Waals surface area contributed by atoms with E-state index in [9.17, 15) is 0 Å². The summed E-state index contributed by atoms with van der Waals surface area (Å²) in [5, 5.41) is 13.3. The highest BCUT2D eigenvalue weighted by atomic mass is 35.5. The van der Waals surface area contributed by atoms with E-state index < -0.39 is 0 Å². The zero-order valence-electron chi connectivity index (χ0n) is 16.3. The van der Waals surface area contributed by atoms with Gasteiger partial charge in [-0.1, -0.05) is 54.1 Å². The normalized spacial score (nSPS) is 11.0. The zero-order chi connectivity index (χ0) is 20.8. The number of rotatable bonds is 7. The molecule has 0 fully saturated rings. The summed E-state index contributed by atoms with van der Waals surface area (Å²) in [6.07, 6.45) is 3.29. The molecule has 1 aromatic heterocycles. The van der Waals surface area contributed by atoms with E-state index >= 15 is 0 Å². The van der Waals surface area contributed by atoms with E-state index in [1.165, 1.54) is 0 Å². The molecule has 0 aliphatic rings. The second-order valence-corrected chi connectivity index (χ2v) is 6.87. The highest BCUT2D eigenvalue weighted by Gasteiger charge is 2.08. The average molecular weight is 419 g/mol. The number of methoxy groups -OCH3 is 1. The van der Waals surface area contributed by atoms with Crippen LogP contribution in [0, 0.1) is 0 Å². The van der Waals surface area contributed by atoms with Crippen molar-refractivity contribution in [1.29, 1.82) is 0 Å². The Hall–Kier alpha value is -3.64. The molecule has 7 heteroatoms. The monoisotopic (exact) mass is 418 g/mol. The van der Waals surface area contributed by atoms with Crippen molar-refractivity contribution in [1.82, 2.24) is 14.9 Å². The second-order valence-electron chi connectivity index (χ2n) is 6.44. The first-order valence-corrected chi connectivity index (χ1v) is 9.66. The lowest BCUT2D eigenvalue weighted by molar-refractivity contribution is 0.284. The Morgan fingerprint density at radius 1 is 1.00 bits per heavy atom. The molecule has 0 radical (unpaired) electrons. The third-order valence-electron chi connectivity index (χ3n) is 4.39. The van der Waals surface area contributed by atoms with Crippen molar-refractivity contribution in [2.45, 2.75) is 6.61 Å². The van der Waals surface area contributed by atoms with Gasteiger partial charge >= 0.3 is 0 Å². The minimum Gasteiger partial charge on any atom is -0.493 e. The molecular formula is C23H19ClN4O2. The number of hydrogen-bond donors (Lipinski definition) is 0. The molecule has 0 atom stereocenters. The molecular weight excluding hydrogens is 400 g/mol. The van der Waals surface area contributed by atoms with Crippen LogP contribution in [0.3, 0.4) is 0 Å². The molecule has 0 unspecified atom stereocenters. The summed E-state index contributed by atoms with van der Waals surface area (Å²) in [6.45, 7) is 0.419. The van der Waals surface area contributed by atoms with Gasteiger partial charge in [0.15, 0.2) is 17.3 Å². The highest BCUT2D eigenvalue weighted by molar-refractivity contribution is 6.30. The van der Waals surface area contributed by atoms with E-state index in [1.807, 2.05) is 72.8 Å². The molecule has 4 aromatic rings. The Balaban J connectivity index is 1.49. The van der Waals surface area contributed by atoms with E-state index in [4.69, 9.17) is 21.1 Å². The lowest BCUT2D eigenvalue weighted by Crippen LogP contribution is -1.99. The van der Waals surface area contributed by atoms with E-state index in [1.54, 1.807) is 24.3 Å². The molecule has 3 aromatic carbocycles. The van der Waals surface area contributed by atoms with Crippen molar-refractivity contribution < 1.29 is 9.47 Å². The molecule has 0 spiro atoms. The topological polar surface area (TPSA) is 61.5 Å². The van der Waals surface area contributed by atoms with Gasteiger partial charge in [0.05, 0.1) is 13.3 Å². The lowest BCUT2D eigenvalue weighted by atomic mass is 10.2. The molecule has 0 aliphatic heterocycles. The molecule has 30 heavy (non-hydrogen) atoms. The van der Waals surface area contributed by atoms with Crippen molar-refractivity contribution in [3.05, 3.63) is 95.3 Å². The number of hydrogen-bond acceptors (Lipinski definition) is 5. The molecule has 0 saturated heterocycles. The summed E-state index contributed by atoms with van der Waals surface area (Å²) in [7, 11) is 1.61. The van der Waals surface area contributed by atoms with Crippen LogP contribution in [0.1, 0.15) is 11.1 Å². The molecule has 1 heterocycles. The van der Waals surface area contributed by atoms with Gasteiger partial charge < -0.3 is 9.47 Å². The molecule has 150 valence electrons. The quantitative estimate of drug-likeness (QED) is 0.393. The maximum atomic E-state index is 5.92. The lowest BCUT2D eigenvalue weighted by Gasteiger charge is -2.11. The van der Waals surface area contributed by atoms with Gasteiger partial charge in [-0.3, -0.25) is 0 Å². The van der Waals surface area contributed by atoms with Gasteiger partial charge in [-0.25, -0.2) is 0 Å². The number of aromatic nitrogens is 3. The van der Waals surface area contributed by atoms with E-state index in [-0.39, 0.29) is 0 Å². The van der Waals surface area contributed by atoms with Crippen LogP contribution in [0.2, 0.25) is 5.02 Å². The van der Waals surface area contributed by atoms with Crippen molar-refractivity contribution in [2.75, 3.05) is 7.11 Å². The standard InChI is InChI=1S/C23H19ClN4O2/c1-29-22-13-18(9-12-21(22)30-15-17-7-10-20(24)11-8-17)14-26-28-16-25-27-23(28)19-5-3-2-4-6-19/h2-14,16H,15H2,1H3/b26-14-. The summed E-state index contributed by atoms with van der Waals surface area (Å²) in [6, 6.07) is 23.0. The van der Waals surface area contributed by atoms with Crippen LogP contribution in [0.4, 0.5) is 0 Å². The summed E-state index contributed by atoms with van der Waals surface area (Å²) < 4.78 is 13.0. The van der Waals surface area contributed by atoms with Crippen LogP contribution in [0.5, 0.6) is 11.5 Å². The van der Waals surface area contributed by atoms with Crippen LogP contribution in [-0.2, 0) is 6.61 Å². The number of benzene rings is 3. The molecule has 0 amide bonds. The number of halogens is 1. The largest absolute Gasteiger partial charge is 0.493 e. The van der Waals surface area contributed by atoms with Gasteiger partial charge in [0.1, 0.15) is 12.9 Å². The van der Waals surface area contributed by atoms with Crippen molar-refractivity contribution in [2.24, 2.45) is 5.10 Å². The van der Waals surface area contributed by atoms with Crippen molar-refractivity contribution >= 4 is 17.8 Å². The molecule has 0 aliphatic carbocycles. The van der Waals surface area contributed by atoms with Crippen LogP contribution in [0.25, 0.3) is 11.4 Å². The van der Waals surface area contributed by atoms with E-state index in [0.29, 0.717) is 29.0 Å². The molecule has 0 N–H and O–H groups in total. The Morgan fingerprint density at radius 2 is 1.80 bits per heavy atom. The third-order valence-corrected chi connectivity index (χ3v) is 4.64. The molecule has 0 saturated carbocycles. The van der Waals surface area contributed by atoms with Gasteiger partial charge in [0.2, 0.25) is 0 Å². The van der Waals surface area contributed by atoms with Crippen LogP contribution in [0.15, 0.2) is 84.2 Å². The zero-order valence-corrected chi connectivity index (χ0v) is 17.0. The first kappa shape index (κ1) is 19.7. The van der Waals surface area contributed by atoms with Crippen LogP contribution in [-0.4, -0.2) is 28.2 Å². The first-order chi connectivity index (χ1) is 14.7. The summed E-state index contributed by atoms with van der Waals surface area (Å²) in [5.74, 6) is 1.94. The fourth-order valence-corrected chi connectivity index (χ4v) is 2.97. The highest BCUT2D eigenvalue weighted by Crippen LogP contribution is 2.28. The minimum atomic E-state index is 0.419. The smallest absolute Gasteiger partial charge is 0.184 e. The Labute approximate surface area is 179 Å². The SMILES string of the molecule is COc1cc(/C=N\n2cnnc2-c2ccccc2)ccc1OCc1ccc(Cl)cc1. The fourth-order valence-electron chi connectivity index (χ4n) is 2.85. The van der Waals surface area contributed by atoms with Crippen molar-refractivity contribution in [3.63, 3.8) is 0 Å². The van der Waals surface area contributed by atoms with Crippen molar-refractivity contribution in [3.8, 4) is 22.9 Å². The Morgan fingerprint density at radius 3 is 2.57 bits per heavy atom.